The molecule has 6 heteroatoms. The topological polar surface area (TPSA) is 64.9 Å². The summed E-state index contributed by atoms with van der Waals surface area (Å²) in [5, 5.41) is 8.06. The maximum atomic E-state index is 5.26. The van der Waals surface area contributed by atoms with Crippen LogP contribution in [0, 0.1) is 0 Å². The van der Waals surface area contributed by atoms with Gasteiger partial charge < -0.3 is 10.1 Å². The van der Waals surface area contributed by atoms with E-state index in [4.69, 9.17) is 9.72 Å². The van der Waals surface area contributed by atoms with Crippen molar-refractivity contribution in [3.05, 3.63) is 59.7 Å². The molecule has 142 valence electrons. The van der Waals surface area contributed by atoms with Crippen molar-refractivity contribution in [2.24, 2.45) is 7.05 Å². The first kappa shape index (κ1) is 19.0. The van der Waals surface area contributed by atoms with Gasteiger partial charge in [-0.2, -0.15) is 5.10 Å². The smallest absolute Gasteiger partial charge is 0.136 e. The average molecular weight is 365 g/mol. The van der Waals surface area contributed by atoms with Gasteiger partial charge >= 0.3 is 0 Å². The Labute approximate surface area is 160 Å². The maximum Gasteiger partial charge on any atom is 0.136 e. The van der Waals surface area contributed by atoms with Gasteiger partial charge in [0.15, 0.2) is 0 Å². The summed E-state index contributed by atoms with van der Waals surface area (Å²) < 4.78 is 7.11. The fourth-order valence-electron chi connectivity index (χ4n) is 2.84. The van der Waals surface area contributed by atoms with Gasteiger partial charge in [0, 0.05) is 49.5 Å². The minimum absolute atomic E-state index is 0.135. The lowest BCUT2D eigenvalue weighted by atomic mass is 9.95. The fourth-order valence-corrected chi connectivity index (χ4v) is 2.84. The highest BCUT2D eigenvalue weighted by Gasteiger charge is 2.19. The number of aryl methyl sites for hydroxylation is 1. The zero-order valence-electron chi connectivity index (χ0n) is 16.7. The molecular formula is C21H27N5O. The molecule has 1 N–H and O–H groups in total. The summed E-state index contributed by atoms with van der Waals surface area (Å²) in [6, 6.07) is 12.2. The molecule has 1 aromatic carbocycles. The van der Waals surface area contributed by atoms with Crippen LogP contribution < -0.4 is 5.32 Å². The van der Waals surface area contributed by atoms with E-state index in [-0.39, 0.29) is 5.41 Å². The van der Waals surface area contributed by atoms with Crippen molar-refractivity contribution in [3.63, 3.8) is 0 Å². The Bertz CT molecular complexity index is 897. The van der Waals surface area contributed by atoms with Gasteiger partial charge in [-0.05, 0) is 0 Å². The van der Waals surface area contributed by atoms with E-state index in [0.29, 0.717) is 13.2 Å². The summed E-state index contributed by atoms with van der Waals surface area (Å²) >= 11 is 0. The maximum absolute atomic E-state index is 5.26. The van der Waals surface area contributed by atoms with Gasteiger partial charge in [-0.1, -0.05) is 51.1 Å². The van der Waals surface area contributed by atoms with Gasteiger partial charge in [-0.25, -0.2) is 9.97 Å². The number of nitrogens with zero attached hydrogens (tertiary/aromatic N) is 4. The summed E-state index contributed by atoms with van der Waals surface area (Å²) in [4.78, 5) is 9.33. The summed E-state index contributed by atoms with van der Waals surface area (Å²) in [5.74, 6) is 1.60. The molecule has 0 aliphatic rings. The van der Waals surface area contributed by atoms with Crippen molar-refractivity contribution < 1.29 is 4.74 Å². The third-order valence-electron chi connectivity index (χ3n) is 4.15. The Kier molecular flexibility index (Phi) is 5.56. The van der Waals surface area contributed by atoms with Crippen LogP contribution in [0.4, 0.5) is 5.82 Å². The molecule has 0 fully saturated rings. The molecule has 0 aliphatic carbocycles. The van der Waals surface area contributed by atoms with Crippen molar-refractivity contribution in [3.8, 4) is 11.3 Å². The van der Waals surface area contributed by atoms with E-state index < -0.39 is 0 Å². The zero-order valence-corrected chi connectivity index (χ0v) is 16.7. The normalized spacial score (nSPS) is 11.6. The lowest BCUT2D eigenvalue weighted by molar-refractivity contribution is 0.181. The van der Waals surface area contributed by atoms with Crippen molar-refractivity contribution >= 4 is 5.82 Å². The Hall–Kier alpha value is -2.73. The minimum atomic E-state index is -0.135. The van der Waals surface area contributed by atoms with E-state index in [2.05, 4.69) is 48.3 Å². The van der Waals surface area contributed by atoms with Crippen molar-refractivity contribution in [2.75, 3.05) is 12.4 Å². The standard InChI is InChI=1S/C21H27N5O/c1-21(2,3)20-23-17(14-27-5)11-18(24-20)22-12-16-13-26(4)25-19(16)15-9-7-6-8-10-15/h6-11,13H,12,14H2,1-5H3,(H,22,23,24). The van der Waals surface area contributed by atoms with Crippen LogP contribution in [0.25, 0.3) is 11.3 Å². The molecule has 0 unspecified atom stereocenters. The molecular weight excluding hydrogens is 338 g/mol. The van der Waals surface area contributed by atoms with E-state index in [1.165, 1.54) is 0 Å². The number of ether oxygens (including phenoxy) is 1. The van der Waals surface area contributed by atoms with E-state index in [1.807, 2.05) is 42.2 Å². The first-order valence-corrected chi connectivity index (χ1v) is 9.06. The Morgan fingerprint density at radius 2 is 1.85 bits per heavy atom. The zero-order chi connectivity index (χ0) is 19.4. The van der Waals surface area contributed by atoms with Crippen LogP contribution >= 0.6 is 0 Å². The van der Waals surface area contributed by atoms with Crippen LogP contribution in [0.3, 0.4) is 0 Å². The molecule has 0 radical (unpaired) electrons. The van der Waals surface area contributed by atoms with E-state index in [9.17, 15) is 0 Å². The second-order valence-electron chi connectivity index (χ2n) is 7.65. The number of benzene rings is 1. The van der Waals surface area contributed by atoms with Gasteiger partial charge in [0.1, 0.15) is 11.6 Å². The van der Waals surface area contributed by atoms with Gasteiger partial charge in [0.2, 0.25) is 0 Å². The molecule has 2 heterocycles. The Morgan fingerprint density at radius 1 is 1.11 bits per heavy atom. The van der Waals surface area contributed by atoms with Crippen molar-refractivity contribution in [2.45, 2.75) is 39.3 Å². The van der Waals surface area contributed by atoms with E-state index >= 15 is 0 Å². The van der Waals surface area contributed by atoms with E-state index in [0.717, 1.165) is 34.2 Å². The highest BCUT2D eigenvalue weighted by atomic mass is 16.5. The van der Waals surface area contributed by atoms with Gasteiger partial charge in [0.25, 0.3) is 0 Å². The lowest BCUT2D eigenvalue weighted by Gasteiger charge is -2.19. The monoisotopic (exact) mass is 365 g/mol. The highest BCUT2D eigenvalue weighted by molar-refractivity contribution is 5.63. The Balaban J connectivity index is 1.86. The molecule has 0 spiro atoms. The number of nitrogens with one attached hydrogen (secondary N) is 1. The van der Waals surface area contributed by atoms with Crippen LogP contribution in [0.5, 0.6) is 0 Å². The first-order chi connectivity index (χ1) is 12.9. The molecule has 0 aliphatic heterocycles. The molecule has 6 nitrogen and oxygen atoms in total. The van der Waals surface area contributed by atoms with Crippen LogP contribution in [0.1, 0.15) is 37.9 Å². The minimum Gasteiger partial charge on any atom is -0.378 e. The Morgan fingerprint density at radius 3 is 2.52 bits per heavy atom. The molecule has 0 amide bonds. The molecule has 0 bridgehead atoms. The van der Waals surface area contributed by atoms with Gasteiger partial charge in [-0.15, -0.1) is 0 Å². The largest absolute Gasteiger partial charge is 0.378 e. The lowest BCUT2D eigenvalue weighted by Crippen LogP contribution is -2.18. The van der Waals surface area contributed by atoms with Gasteiger partial charge in [-0.3, -0.25) is 4.68 Å². The molecule has 0 saturated heterocycles. The van der Waals surface area contributed by atoms with Crippen LogP contribution in [0.2, 0.25) is 0 Å². The average Bonchev–Trinajstić information content (AvgIpc) is 3.01. The molecule has 2 aromatic heterocycles. The first-order valence-electron chi connectivity index (χ1n) is 9.06. The molecule has 0 atom stereocenters. The predicted octanol–water partition coefficient (Wildman–Crippen LogP) is 3.93. The molecule has 27 heavy (non-hydrogen) atoms. The van der Waals surface area contributed by atoms with E-state index in [1.54, 1.807) is 7.11 Å². The van der Waals surface area contributed by atoms with Gasteiger partial charge in [0.05, 0.1) is 18.0 Å². The third-order valence-corrected chi connectivity index (χ3v) is 4.15. The highest BCUT2D eigenvalue weighted by Crippen LogP contribution is 2.24. The summed E-state index contributed by atoms with van der Waals surface area (Å²) in [6.07, 6.45) is 2.04. The number of methoxy groups -OCH3 is 1. The SMILES string of the molecule is COCc1cc(NCc2cn(C)nc2-c2ccccc2)nc(C(C)(C)C)n1. The van der Waals surface area contributed by atoms with Crippen molar-refractivity contribution in [1.29, 1.82) is 0 Å². The summed E-state index contributed by atoms with van der Waals surface area (Å²) in [6.45, 7) is 7.42. The number of hydrogen-bond donors (Lipinski definition) is 1. The number of rotatable bonds is 6. The molecule has 0 saturated carbocycles. The third kappa shape index (κ3) is 4.71. The molecule has 3 rings (SSSR count). The predicted molar refractivity (Wildman–Crippen MR) is 107 cm³/mol. The molecule has 3 aromatic rings. The number of hydrogen-bond acceptors (Lipinski definition) is 5. The van der Waals surface area contributed by atoms with Crippen LogP contribution in [0.15, 0.2) is 42.6 Å². The summed E-state index contributed by atoms with van der Waals surface area (Å²) in [7, 11) is 3.61. The fraction of sp³-hybridized carbons (Fsp3) is 0.381. The second kappa shape index (κ2) is 7.88. The van der Waals surface area contributed by atoms with Crippen LogP contribution in [-0.2, 0) is 30.4 Å². The summed E-state index contributed by atoms with van der Waals surface area (Å²) in [5.41, 5.74) is 3.94. The van der Waals surface area contributed by atoms with Crippen molar-refractivity contribution in [1.82, 2.24) is 19.7 Å². The quantitative estimate of drug-likeness (QED) is 0.717. The number of aromatic nitrogens is 4. The van der Waals surface area contributed by atoms with Crippen LogP contribution in [-0.4, -0.2) is 26.9 Å². The number of anilines is 1. The second-order valence-corrected chi connectivity index (χ2v) is 7.65.